The summed E-state index contributed by atoms with van der Waals surface area (Å²) in [5.41, 5.74) is 1.47. The van der Waals surface area contributed by atoms with Crippen LogP contribution in [0.25, 0.3) is 0 Å². The first-order valence-corrected chi connectivity index (χ1v) is 5.37. The van der Waals surface area contributed by atoms with E-state index in [4.69, 9.17) is 0 Å². The molecule has 0 radical (unpaired) electrons. The van der Waals surface area contributed by atoms with Crippen LogP contribution in [0.3, 0.4) is 0 Å². The van der Waals surface area contributed by atoms with Gasteiger partial charge < -0.3 is 4.98 Å². The molecule has 2 N–H and O–H groups in total. The maximum absolute atomic E-state index is 11.8. The monoisotopic (exact) mass is 244 g/mol. The minimum absolute atomic E-state index is 0.234. The number of nitrogens with one attached hydrogen (secondary N) is 2. The molecule has 2 heterocycles. The Labute approximate surface area is 103 Å². The van der Waals surface area contributed by atoms with Crippen LogP contribution in [0.1, 0.15) is 21.7 Å². The van der Waals surface area contributed by atoms with Gasteiger partial charge in [0.1, 0.15) is 0 Å². The summed E-state index contributed by atoms with van der Waals surface area (Å²) in [6, 6.07) is 4.54. The predicted octanol–water partition coefficient (Wildman–Crippen LogP) is 1.03. The number of pyridine rings is 1. The molecule has 2 rings (SSSR count). The highest BCUT2D eigenvalue weighted by atomic mass is 16.2. The number of hydrogen-bond donors (Lipinski definition) is 2. The Morgan fingerprint density at radius 3 is 2.50 bits per heavy atom. The van der Waals surface area contributed by atoms with Gasteiger partial charge in [0.2, 0.25) is 11.5 Å². The zero-order valence-corrected chi connectivity index (χ0v) is 10.0. The van der Waals surface area contributed by atoms with Crippen LogP contribution in [-0.2, 0) is 0 Å². The van der Waals surface area contributed by atoms with Crippen LogP contribution in [0.2, 0.25) is 0 Å². The number of aromatic amines is 1. The molecule has 0 aromatic carbocycles. The molecule has 2 aromatic rings. The average molecular weight is 244 g/mol. The van der Waals surface area contributed by atoms with Gasteiger partial charge in [0.15, 0.2) is 0 Å². The number of amides is 1. The second-order valence-electron chi connectivity index (χ2n) is 3.87. The second kappa shape index (κ2) is 4.79. The maximum atomic E-state index is 11.8. The molecule has 6 nitrogen and oxygen atoms in total. The van der Waals surface area contributed by atoms with Gasteiger partial charge in [0.25, 0.3) is 5.91 Å². The van der Waals surface area contributed by atoms with Gasteiger partial charge in [0, 0.05) is 29.2 Å². The molecule has 0 unspecified atom stereocenters. The Balaban J connectivity index is 2.24. The largest absolute Gasteiger partial charge is 0.329 e. The highest BCUT2D eigenvalue weighted by molar-refractivity contribution is 6.03. The summed E-state index contributed by atoms with van der Waals surface area (Å²) in [5, 5.41) is 2.55. The molecule has 6 heteroatoms. The molecule has 0 bridgehead atoms. The smallest absolute Gasteiger partial charge is 0.258 e. The van der Waals surface area contributed by atoms with E-state index in [1.807, 2.05) is 19.9 Å². The number of nitrogens with zero attached hydrogens (tertiary/aromatic N) is 2. The zero-order valence-electron chi connectivity index (χ0n) is 10.0. The lowest BCUT2D eigenvalue weighted by atomic mass is 10.2. The number of hydrogen-bond acceptors (Lipinski definition) is 4. The van der Waals surface area contributed by atoms with E-state index in [0.717, 1.165) is 11.4 Å². The summed E-state index contributed by atoms with van der Waals surface area (Å²) < 4.78 is 0. The SMILES string of the molecule is Cc1cc(C)nc(NC(=O)c2cc[nH]c(=O)c2)n1. The Hall–Kier alpha value is -2.50. The van der Waals surface area contributed by atoms with Gasteiger partial charge in [-0.3, -0.25) is 14.9 Å². The van der Waals surface area contributed by atoms with Crippen molar-refractivity contribution in [1.82, 2.24) is 15.0 Å². The summed E-state index contributed by atoms with van der Waals surface area (Å²) in [4.78, 5) is 33.6. The van der Waals surface area contributed by atoms with E-state index in [2.05, 4.69) is 20.3 Å². The summed E-state index contributed by atoms with van der Waals surface area (Å²) >= 11 is 0. The third kappa shape index (κ3) is 2.79. The van der Waals surface area contributed by atoms with E-state index < -0.39 is 5.91 Å². The molecular weight excluding hydrogens is 232 g/mol. The van der Waals surface area contributed by atoms with Gasteiger partial charge >= 0.3 is 0 Å². The Kier molecular flexibility index (Phi) is 3.18. The first-order chi connectivity index (χ1) is 8.54. The van der Waals surface area contributed by atoms with Crippen molar-refractivity contribution in [3.8, 4) is 0 Å². The molecule has 2 aromatic heterocycles. The number of aryl methyl sites for hydroxylation is 2. The molecule has 0 aliphatic heterocycles. The van der Waals surface area contributed by atoms with Crippen LogP contribution in [0.4, 0.5) is 5.95 Å². The average Bonchev–Trinajstić information content (AvgIpc) is 2.27. The van der Waals surface area contributed by atoms with Crippen LogP contribution in [-0.4, -0.2) is 20.9 Å². The van der Waals surface area contributed by atoms with Crippen LogP contribution >= 0.6 is 0 Å². The lowest BCUT2D eigenvalue weighted by Gasteiger charge is -2.05. The molecule has 0 aliphatic rings. The fourth-order valence-corrected chi connectivity index (χ4v) is 1.54. The first kappa shape index (κ1) is 12.0. The van der Waals surface area contributed by atoms with Crippen molar-refractivity contribution in [2.24, 2.45) is 0 Å². The number of aromatic nitrogens is 3. The van der Waals surface area contributed by atoms with E-state index >= 15 is 0 Å². The van der Waals surface area contributed by atoms with Crippen molar-refractivity contribution in [2.75, 3.05) is 5.32 Å². The zero-order chi connectivity index (χ0) is 13.1. The second-order valence-corrected chi connectivity index (χ2v) is 3.87. The Bertz CT molecular complexity index is 628. The maximum Gasteiger partial charge on any atom is 0.258 e. The number of rotatable bonds is 2. The fourth-order valence-electron chi connectivity index (χ4n) is 1.54. The lowest BCUT2D eigenvalue weighted by Crippen LogP contribution is -2.17. The molecule has 18 heavy (non-hydrogen) atoms. The van der Waals surface area contributed by atoms with Crippen LogP contribution in [0.5, 0.6) is 0 Å². The van der Waals surface area contributed by atoms with Crippen LogP contribution < -0.4 is 10.9 Å². The molecule has 0 saturated carbocycles. The first-order valence-electron chi connectivity index (χ1n) is 5.37. The third-order valence-corrected chi connectivity index (χ3v) is 2.24. The summed E-state index contributed by atoms with van der Waals surface area (Å²) in [6.07, 6.45) is 1.42. The van der Waals surface area contributed by atoms with E-state index in [1.165, 1.54) is 18.3 Å². The van der Waals surface area contributed by atoms with Crippen molar-refractivity contribution in [1.29, 1.82) is 0 Å². The minimum Gasteiger partial charge on any atom is -0.329 e. The van der Waals surface area contributed by atoms with Gasteiger partial charge in [0.05, 0.1) is 0 Å². The van der Waals surface area contributed by atoms with Crippen molar-refractivity contribution in [3.63, 3.8) is 0 Å². The van der Waals surface area contributed by atoms with Gasteiger partial charge in [-0.25, -0.2) is 9.97 Å². The number of carbonyl (C=O) groups excluding carboxylic acids is 1. The Morgan fingerprint density at radius 2 is 1.89 bits per heavy atom. The highest BCUT2D eigenvalue weighted by Crippen LogP contribution is 2.05. The van der Waals surface area contributed by atoms with E-state index in [0.29, 0.717) is 0 Å². The summed E-state index contributed by atoms with van der Waals surface area (Å²) in [6.45, 7) is 3.63. The highest BCUT2D eigenvalue weighted by Gasteiger charge is 2.08. The van der Waals surface area contributed by atoms with Crippen molar-refractivity contribution < 1.29 is 4.79 Å². The minimum atomic E-state index is -0.411. The van der Waals surface area contributed by atoms with Gasteiger partial charge in [-0.2, -0.15) is 0 Å². The van der Waals surface area contributed by atoms with Gasteiger partial charge in [-0.05, 0) is 26.0 Å². The molecule has 0 atom stereocenters. The van der Waals surface area contributed by atoms with Crippen LogP contribution in [0.15, 0.2) is 29.2 Å². The van der Waals surface area contributed by atoms with Crippen LogP contribution in [0, 0.1) is 13.8 Å². The number of carbonyl (C=O) groups is 1. The number of anilines is 1. The molecule has 0 saturated heterocycles. The topological polar surface area (TPSA) is 87.7 Å². The summed E-state index contributed by atoms with van der Waals surface area (Å²) in [7, 11) is 0. The summed E-state index contributed by atoms with van der Waals surface area (Å²) in [5.74, 6) is -0.177. The molecule has 0 spiro atoms. The molecule has 92 valence electrons. The van der Waals surface area contributed by atoms with Crippen molar-refractivity contribution >= 4 is 11.9 Å². The third-order valence-electron chi connectivity index (χ3n) is 2.24. The number of H-pyrrole nitrogens is 1. The van der Waals surface area contributed by atoms with Crippen molar-refractivity contribution in [3.05, 3.63) is 51.7 Å². The predicted molar refractivity (Wildman–Crippen MR) is 66.5 cm³/mol. The van der Waals surface area contributed by atoms with Crippen molar-refractivity contribution in [2.45, 2.75) is 13.8 Å². The molecular formula is C12H12N4O2. The van der Waals surface area contributed by atoms with E-state index in [-0.39, 0.29) is 17.1 Å². The van der Waals surface area contributed by atoms with E-state index in [1.54, 1.807) is 0 Å². The molecule has 0 fully saturated rings. The lowest BCUT2D eigenvalue weighted by molar-refractivity contribution is 0.102. The fraction of sp³-hybridized carbons (Fsp3) is 0.167. The van der Waals surface area contributed by atoms with Gasteiger partial charge in [-0.1, -0.05) is 0 Å². The molecule has 0 aliphatic carbocycles. The normalized spacial score (nSPS) is 10.1. The molecule has 1 amide bonds. The van der Waals surface area contributed by atoms with E-state index in [9.17, 15) is 9.59 Å². The quantitative estimate of drug-likeness (QED) is 0.826. The van der Waals surface area contributed by atoms with Gasteiger partial charge in [-0.15, -0.1) is 0 Å². The Morgan fingerprint density at radius 1 is 1.22 bits per heavy atom. The standard InChI is InChI=1S/C12H12N4O2/c1-7-5-8(2)15-12(14-7)16-11(18)9-3-4-13-10(17)6-9/h3-6H,1-2H3,(H,13,17)(H,14,15,16,18).